The Morgan fingerprint density at radius 2 is 2.05 bits per heavy atom. The number of carbonyl (C=O) groups excluding carboxylic acids is 2. The molecular weight excluding hydrogens is 256 g/mol. The molecular formula is C14H20N4O2. The first-order valence-corrected chi connectivity index (χ1v) is 7.09. The van der Waals surface area contributed by atoms with Crippen molar-refractivity contribution in [1.82, 2.24) is 19.8 Å². The monoisotopic (exact) mass is 276 g/mol. The van der Waals surface area contributed by atoms with Gasteiger partial charge in [-0.15, -0.1) is 0 Å². The number of aromatic amines is 1. The molecule has 1 aromatic heterocycles. The molecule has 3 rings (SSSR count). The normalized spacial score (nSPS) is 21.8. The van der Waals surface area contributed by atoms with Crippen molar-refractivity contribution < 1.29 is 9.59 Å². The van der Waals surface area contributed by atoms with Crippen molar-refractivity contribution in [3.63, 3.8) is 0 Å². The predicted molar refractivity (Wildman–Crippen MR) is 73.2 cm³/mol. The van der Waals surface area contributed by atoms with E-state index in [-0.39, 0.29) is 17.4 Å². The molecule has 108 valence electrons. The first-order chi connectivity index (χ1) is 9.52. The largest absolute Gasteiger partial charge is 0.340 e. The summed E-state index contributed by atoms with van der Waals surface area (Å²) in [6.07, 6.45) is 4.95. The minimum absolute atomic E-state index is 0.0209. The lowest BCUT2D eigenvalue weighted by Gasteiger charge is -2.43. The highest BCUT2D eigenvalue weighted by molar-refractivity contribution is 5.90. The van der Waals surface area contributed by atoms with Gasteiger partial charge in [0.1, 0.15) is 0 Å². The van der Waals surface area contributed by atoms with Crippen molar-refractivity contribution in [3.05, 3.63) is 17.7 Å². The van der Waals surface area contributed by atoms with E-state index in [0.29, 0.717) is 25.3 Å². The predicted octanol–water partition coefficient (Wildman–Crippen LogP) is 0.945. The number of nitrogens with one attached hydrogen (secondary N) is 1. The third kappa shape index (κ3) is 1.99. The average Bonchev–Trinajstić information content (AvgIpc) is 3.00. The standard InChI is InChI=1S/C14H20N4O2/c1-10-9-15-12(16-10)13(20)18-7-5-14(6-8-18)4-3-11(19)17(14)2/h9H,3-8H2,1-2H3,(H,15,16). The number of aromatic nitrogens is 2. The van der Waals surface area contributed by atoms with Gasteiger partial charge in [0, 0.05) is 44.0 Å². The van der Waals surface area contributed by atoms with Gasteiger partial charge in [-0.2, -0.15) is 0 Å². The number of carbonyl (C=O) groups is 2. The van der Waals surface area contributed by atoms with E-state index in [1.54, 1.807) is 6.20 Å². The van der Waals surface area contributed by atoms with Crippen LogP contribution in [0.5, 0.6) is 0 Å². The third-order valence-electron chi connectivity index (χ3n) is 4.78. The molecule has 0 aromatic carbocycles. The molecule has 2 aliphatic heterocycles. The fourth-order valence-corrected chi connectivity index (χ4v) is 3.32. The van der Waals surface area contributed by atoms with Crippen LogP contribution in [0.3, 0.4) is 0 Å². The molecule has 6 heteroatoms. The average molecular weight is 276 g/mol. The zero-order valence-electron chi connectivity index (χ0n) is 12.0. The lowest BCUT2D eigenvalue weighted by Crippen LogP contribution is -2.52. The molecule has 3 heterocycles. The highest BCUT2D eigenvalue weighted by atomic mass is 16.2. The molecule has 1 aromatic rings. The first-order valence-electron chi connectivity index (χ1n) is 7.09. The highest BCUT2D eigenvalue weighted by Crippen LogP contribution is 2.37. The Balaban J connectivity index is 1.67. The number of aryl methyl sites for hydroxylation is 1. The number of imidazole rings is 1. The van der Waals surface area contributed by atoms with E-state index in [1.807, 2.05) is 23.8 Å². The van der Waals surface area contributed by atoms with Gasteiger partial charge in [-0.25, -0.2) is 4.98 Å². The summed E-state index contributed by atoms with van der Waals surface area (Å²) in [5.74, 6) is 0.598. The Hall–Kier alpha value is -1.85. The summed E-state index contributed by atoms with van der Waals surface area (Å²) < 4.78 is 0. The van der Waals surface area contributed by atoms with Crippen LogP contribution in [0.1, 0.15) is 42.0 Å². The van der Waals surface area contributed by atoms with Gasteiger partial charge < -0.3 is 14.8 Å². The van der Waals surface area contributed by atoms with E-state index >= 15 is 0 Å². The van der Waals surface area contributed by atoms with Gasteiger partial charge in [0.25, 0.3) is 5.91 Å². The van der Waals surface area contributed by atoms with Gasteiger partial charge in [-0.05, 0) is 26.2 Å². The van der Waals surface area contributed by atoms with Crippen molar-refractivity contribution in [1.29, 1.82) is 0 Å². The van der Waals surface area contributed by atoms with Gasteiger partial charge in [-0.1, -0.05) is 0 Å². The number of likely N-dealkylation sites (tertiary alicyclic amines) is 2. The maximum Gasteiger partial charge on any atom is 0.289 e. The Bertz CT molecular complexity index is 543. The van der Waals surface area contributed by atoms with Crippen LogP contribution in [0.2, 0.25) is 0 Å². The van der Waals surface area contributed by atoms with Gasteiger partial charge in [0.05, 0.1) is 0 Å². The van der Waals surface area contributed by atoms with Crippen LogP contribution >= 0.6 is 0 Å². The van der Waals surface area contributed by atoms with Crippen LogP contribution in [0.15, 0.2) is 6.20 Å². The molecule has 2 aliphatic rings. The van der Waals surface area contributed by atoms with E-state index in [9.17, 15) is 9.59 Å². The van der Waals surface area contributed by atoms with Crippen molar-refractivity contribution in [2.75, 3.05) is 20.1 Å². The minimum Gasteiger partial charge on any atom is -0.340 e. The summed E-state index contributed by atoms with van der Waals surface area (Å²) in [6.45, 7) is 3.26. The molecule has 0 atom stereocenters. The Morgan fingerprint density at radius 1 is 1.35 bits per heavy atom. The fraction of sp³-hybridized carbons (Fsp3) is 0.643. The Labute approximate surface area is 118 Å². The number of hydrogen-bond donors (Lipinski definition) is 1. The Morgan fingerprint density at radius 3 is 2.55 bits per heavy atom. The van der Waals surface area contributed by atoms with E-state index in [1.165, 1.54) is 0 Å². The number of rotatable bonds is 1. The van der Waals surface area contributed by atoms with Gasteiger partial charge in [0.15, 0.2) is 5.82 Å². The zero-order chi connectivity index (χ0) is 14.3. The van der Waals surface area contributed by atoms with Crippen molar-refractivity contribution >= 4 is 11.8 Å². The summed E-state index contributed by atoms with van der Waals surface area (Å²) in [7, 11) is 1.89. The number of piperidine rings is 1. The lowest BCUT2D eigenvalue weighted by molar-refractivity contribution is -0.130. The number of H-pyrrole nitrogens is 1. The smallest absolute Gasteiger partial charge is 0.289 e. The van der Waals surface area contributed by atoms with E-state index < -0.39 is 0 Å². The molecule has 0 bridgehead atoms. The fourth-order valence-electron chi connectivity index (χ4n) is 3.32. The summed E-state index contributed by atoms with van der Waals surface area (Å²) >= 11 is 0. The van der Waals surface area contributed by atoms with Gasteiger partial charge >= 0.3 is 0 Å². The minimum atomic E-state index is -0.0417. The molecule has 1 N–H and O–H groups in total. The first kappa shape index (κ1) is 13.1. The van der Waals surface area contributed by atoms with Crippen LogP contribution in [0, 0.1) is 6.92 Å². The number of amides is 2. The molecule has 2 amide bonds. The highest BCUT2D eigenvalue weighted by Gasteiger charge is 2.45. The van der Waals surface area contributed by atoms with Crippen LogP contribution in [0.4, 0.5) is 0 Å². The molecule has 20 heavy (non-hydrogen) atoms. The van der Waals surface area contributed by atoms with Crippen LogP contribution in [-0.4, -0.2) is 57.3 Å². The second kappa shape index (κ2) is 4.61. The Kier molecular flexibility index (Phi) is 3.03. The van der Waals surface area contributed by atoms with Crippen LogP contribution in [-0.2, 0) is 4.79 Å². The molecule has 0 aliphatic carbocycles. The SMILES string of the molecule is Cc1cnc(C(=O)N2CCC3(CCC(=O)N3C)CC2)[nH]1. The van der Waals surface area contributed by atoms with Crippen molar-refractivity contribution in [2.24, 2.45) is 0 Å². The summed E-state index contributed by atoms with van der Waals surface area (Å²) in [5, 5.41) is 0. The molecule has 0 saturated carbocycles. The maximum atomic E-state index is 12.3. The molecule has 2 saturated heterocycles. The molecule has 0 unspecified atom stereocenters. The summed E-state index contributed by atoms with van der Waals surface area (Å²) in [4.78, 5) is 34.8. The quantitative estimate of drug-likeness (QED) is 0.830. The van der Waals surface area contributed by atoms with Gasteiger partial charge in [-0.3, -0.25) is 9.59 Å². The second-order valence-electron chi connectivity index (χ2n) is 5.88. The zero-order valence-corrected chi connectivity index (χ0v) is 12.0. The van der Waals surface area contributed by atoms with Crippen LogP contribution in [0.25, 0.3) is 0 Å². The third-order valence-corrected chi connectivity index (χ3v) is 4.78. The number of nitrogens with zero attached hydrogens (tertiary/aromatic N) is 3. The van der Waals surface area contributed by atoms with Gasteiger partial charge in [0.2, 0.25) is 5.91 Å². The van der Waals surface area contributed by atoms with Crippen molar-refractivity contribution in [3.8, 4) is 0 Å². The summed E-state index contributed by atoms with van der Waals surface area (Å²) in [5.41, 5.74) is 0.871. The van der Waals surface area contributed by atoms with E-state index in [2.05, 4.69) is 9.97 Å². The molecule has 6 nitrogen and oxygen atoms in total. The second-order valence-corrected chi connectivity index (χ2v) is 5.88. The van der Waals surface area contributed by atoms with E-state index in [0.717, 1.165) is 25.0 Å². The molecule has 2 fully saturated rings. The van der Waals surface area contributed by atoms with Crippen LogP contribution < -0.4 is 0 Å². The summed E-state index contributed by atoms with van der Waals surface area (Å²) in [6, 6.07) is 0. The molecule has 0 radical (unpaired) electrons. The van der Waals surface area contributed by atoms with Crippen molar-refractivity contribution in [2.45, 2.75) is 38.1 Å². The molecule has 1 spiro atoms. The van der Waals surface area contributed by atoms with E-state index in [4.69, 9.17) is 0 Å². The number of hydrogen-bond acceptors (Lipinski definition) is 3. The lowest BCUT2D eigenvalue weighted by atomic mass is 9.85. The topological polar surface area (TPSA) is 69.3 Å². The maximum absolute atomic E-state index is 12.3.